The quantitative estimate of drug-likeness (QED) is 0.597. The van der Waals surface area contributed by atoms with Crippen LogP contribution in [0.2, 0.25) is 5.02 Å². The number of halogens is 1. The summed E-state index contributed by atoms with van der Waals surface area (Å²) in [6.45, 7) is 0. The summed E-state index contributed by atoms with van der Waals surface area (Å²) in [5.41, 5.74) is 1.56. The van der Waals surface area contributed by atoms with Crippen LogP contribution in [0.5, 0.6) is 0 Å². The molecule has 25 heavy (non-hydrogen) atoms. The number of anilines is 1. The van der Waals surface area contributed by atoms with Gasteiger partial charge in [-0.1, -0.05) is 41.1 Å². The van der Waals surface area contributed by atoms with E-state index in [9.17, 15) is 4.79 Å². The maximum absolute atomic E-state index is 11.9. The molecule has 0 aliphatic heterocycles. The van der Waals surface area contributed by atoms with Gasteiger partial charge in [-0.25, -0.2) is 4.98 Å². The van der Waals surface area contributed by atoms with E-state index < -0.39 is 0 Å². The fourth-order valence-electron chi connectivity index (χ4n) is 2.49. The van der Waals surface area contributed by atoms with Crippen LogP contribution < -0.4 is 10.9 Å². The molecule has 8 heteroatoms. The summed E-state index contributed by atoms with van der Waals surface area (Å²) in [5.74, 6) is 0. The van der Waals surface area contributed by atoms with Gasteiger partial charge in [0.2, 0.25) is 10.1 Å². The molecule has 0 radical (unpaired) electrons. The molecular formula is C17H12ClN5OS. The smallest absolute Gasteiger partial charge is 0.275 e. The van der Waals surface area contributed by atoms with E-state index >= 15 is 0 Å². The summed E-state index contributed by atoms with van der Waals surface area (Å²) in [6.07, 6.45) is 3.21. The number of rotatable bonds is 4. The minimum atomic E-state index is -0.254. The minimum Gasteiger partial charge on any atom is -0.348 e. The largest absolute Gasteiger partial charge is 0.348 e. The molecule has 0 spiro atoms. The molecule has 1 aromatic carbocycles. The highest BCUT2D eigenvalue weighted by Crippen LogP contribution is 2.28. The lowest BCUT2D eigenvalue weighted by Crippen LogP contribution is -2.15. The lowest BCUT2D eigenvalue weighted by molar-refractivity contribution is 0.852. The molecule has 0 aliphatic carbocycles. The minimum absolute atomic E-state index is 0.216. The monoisotopic (exact) mass is 369 g/mol. The second-order valence-electron chi connectivity index (χ2n) is 5.27. The number of benzene rings is 1. The van der Waals surface area contributed by atoms with Crippen molar-refractivity contribution in [1.29, 1.82) is 0 Å². The zero-order chi connectivity index (χ0) is 17.2. The number of nitrogens with one attached hydrogen (secondary N) is 1. The summed E-state index contributed by atoms with van der Waals surface area (Å²) >= 11 is 7.45. The molecule has 1 unspecified atom stereocenters. The second-order valence-corrected chi connectivity index (χ2v) is 6.66. The van der Waals surface area contributed by atoms with Gasteiger partial charge in [-0.2, -0.15) is 4.52 Å². The normalized spacial score (nSPS) is 12.2. The molecule has 4 aromatic rings. The van der Waals surface area contributed by atoms with Crippen molar-refractivity contribution in [3.8, 4) is 0 Å². The van der Waals surface area contributed by atoms with Gasteiger partial charge in [-0.3, -0.25) is 9.78 Å². The van der Waals surface area contributed by atoms with Crippen molar-refractivity contribution in [2.24, 2.45) is 0 Å². The highest BCUT2D eigenvalue weighted by molar-refractivity contribution is 7.20. The van der Waals surface area contributed by atoms with Gasteiger partial charge in [0.05, 0.1) is 11.7 Å². The third-order valence-corrected chi connectivity index (χ3v) is 4.69. The van der Waals surface area contributed by atoms with Gasteiger partial charge in [-0.05, 0) is 29.8 Å². The van der Waals surface area contributed by atoms with Crippen LogP contribution in [0.15, 0.2) is 65.7 Å². The Kier molecular flexibility index (Phi) is 4.17. The van der Waals surface area contributed by atoms with Crippen molar-refractivity contribution < 1.29 is 0 Å². The summed E-state index contributed by atoms with van der Waals surface area (Å²) in [7, 11) is 0. The van der Waals surface area contributed by atoms with E-state index in [1.54, 1.807) is 6.20 Å². The fourth-order valence-corrected chi connectivity index (χ4v) is 3.49. The number of hydrogen-bond donors (Lipinski definition) is 1. The van der Waals surface area contributed by atoms with Crippen molar-refractivity contribution in [3.63, 3.8) is 0 Å². The predicted octanol–water partition coefficient (Wildman–Crippen LogP) is 3.40. The molecule has 0 saturated heterocycles. The van der Waals surface area contributed by atoms with Crippen LogP contribution in [0.25, 0.3) is 4.96 Å². The highest BCUT2D eigenvalue weighted by Gasteiger charge is 2.18. The van der Waals surface area contributed by atoms with Crippen molar-refractivity contribution in [2.45, 2.75) is 6.04 Å². The maximum Gasteiger partial charge on any atom is 0.275 e. The Morgan fingerprint density at radius 1 is 1.08 bits per heavy atom. The van der Waals surface area contributed by atoms with Gasteiger partial charge in [0.1, 0.15) is 0 Å². The molecule has 0 bridgehead atoms. The molecule has 6 nitrogen and oxygen atoms in total. The van der Waals surface area contributed by atoms with E-state index in [4.69, 9.17) is 11.6 Å². The zero-order valence-corrected chi connectivity index (χ0v) is 14.4. The van der Waals surface area contributed by atoms with E-state index in [-0.39, 0.29) is 11.6 Å². The Balaban J connectivity index is 1.77. The highest BCUT2D eigenvalue weighted by atomic mass is 35.5. The third kappa shape index (κ3) is 3.24. The molecular weight excluding hydrogens is 358 g/mol. The standard InChI is InChI=1S/C17H12ClN5OS/c18-12-5-3-4-11(10-12)15(13-6-1-2-8-19-13)21-16-22-23-14(24)7-9-20-17(23)25-16/h1-10,15H,(H,21,22). The van der Waals surface area contributed by atoms with Crippen LogP contribution in [0.3, 0.4) is 0 Å². The van der Waals surface area contributed by atoms with E-state index in [0.717, 1.165) is 11.3 Å². The predicted molar refractivity (Wildman–Crippen MR) is 98.3 cm³/mol. The molecule has 1 atom stereocenters. The van der Waals surface area contributed by atoms with E-state index in [2.05, 4.69) is 20.4 Å². The molecule has 0 aliphatic rings. The number of pyridine rings is 1. The van der Waals surface area contributed by atoms with Crippen molar-refractivity contribution >= 4 is 33.0 Å². The third-order valence-electron chi connectivity index (χ3n) is 3.60. The van der Waals surface area contributed by atoms with Gasteiger partial charge in [0.15, 0.2) is 0 Å². The average Bonchev–Trinajstić information content (AvgIpc) is 3.05. The van der Waals surface area contributed by atoms with E-state index in [1.807, 2.05) is 42.5 Å². The van der Waals surface area contributed by atoms with Crippen LogP contribution in [-0.4, -0.2) is 19.6 Å². The number of aromatic nitrogens is 4. The van der Waals surface area contributed by atoms with Gasteiger partial charge in [0.25, 0.3) is 5.56 Å². The van der Waals surface area contributed by atoms with Crippen molar-refractivity contribution in [3.05, 3.63) is 87.6 Å². The Labute approximate surface area is 151 Å². The van der Waals surface area contributed by atoms with Crippen LogP contribution in [0.4, 0.5) is 5.13 Å². The first-order valence-corrected chi connectivity index (χ1v) is 8.68. The first-order chi connectivity index (χ1) is 12.2. The van der Waals surface area contributed by atoms with Crippen LogP contribution in [0, 0.1) is 0 Å². The zero-order valence-electron chi connectivity index (χ0n) is 12.8. The lowest BCUT2D eigenvalue weighted by atomic mass is 10.0. The first-order valence-electron chi connectivity index (χ1n) is 7.48. The Bertz CT molecular complexity index is 1080. The molecule has 1 N–H and O–H groups in total. The summed E-state index contributed by atoms with van der Waals surface area (Å²) in [4.78, 5) is 21.0. The number of fused-ring (bicyclic) bond motifs is 1. The molecule has 0 amide bonds. The molecule has 4 rings (SSSR count). The Morgan fingerprint density at radius 2 is 2.00 bits per heavy atom. The summed E-state index contributed by atoms with van der Waals surface area (Å²) in [5, 5.41) is 8.87. The Hall–Kier alpha value is -2.77. The average molecular weight is 370 g/mol. The Morgan fingerprint density at radius 3 is 2.76 bits per heavy atom. The van der Waals surface area contributed by atoms with Gasteiger partial charge in [-0.15, -0.1) is 5.10 Å². The molecule has 0 fully saturated rings. The van der Waals surface area contributed by atoms with E-state index in [0.29, 0.717) is 15.1 Å². The number of hydrogen-bond acceptors (Lipinski definition) is 6. The molecule has 124 valence electrons. The van der Waals surface area contributed by atoms with Gasteiger partial charge in [0, 0.05) is 23.5 Å². The van der Waals surface area contributed by atoms with Crippen LogP contribution >= 0.6 is 22.9 Å². The van der Waals surface area contributed by atoms with Crippen molar-refractivity contribution in [1.82, 2.24) is 19.6 Å². The topological polar surface area (TPSA) is 72.2 Å². The molecule has 3 heterocycles. The van der Waals surface area contributed by atoms with Crippen molar-refractivity contribution in [2.75, 3.05) is 5.32 Å². The first kappa shape index (κ1) is 15.7. The lowest BCUT2D eigenvalue weighted by Gasteiger charge is -2.18. The van der Waals surface area contributed by atoms with Crippen LogP contribution in [0.1, 0.15) is 17.3 Å². The fraction of sp³-hybridized carbons (Fsp3) is 0.0588. The SMILES string of the molecule is O=c1ccnc2sc(NC(c3cccc(Cl)c3)c3ccccn3)nn12. The maximum atomic E-state index is 11.9. The summed E-state index contributed by atoms with van der Waals surface area (Å²) in [6, 6.07) is 14.4. The van der Waals surface area contributed by atoms with Gasteiger partial charge >= 0.3 is 0 Å². The molecule has 0 saturated carbocycles. The number of nitrogens with zero attached hydrogens (tertiary/aromatic N) is 4. The molecule has 3 aromatic heterocycles. The van der Waals surface area contributed by atoms with E-state index in [1.165, 1.54) is 28.1 Å². The van der Waals surface area contributed by atoms with Gasteiger partial charge < -0.3 is 5.32 Å². The second kappa shape index (κ2) is 6.62. The summed E-state index contributed by atoms with van der Waals surface area (Å²) < 4.78 is 1.28. The van der Waals surface area contributed by atoms with Crippen LogP contribution in [-0.2, 0) is 0 Å².